The molecule has 1 unspecified atom stereocenters. The fourth-order valence-electron chi connectivity index (χ4n) is 2.49. The van der Waals surface area contributed by atoms with E-state index in [0.717, 1.165) is 0 Å². The first-order chi connectivity index (χ1) is 11.8. The molecule has 0 aromatic heterocycles. The van der Waals surface area contributed by atoms with E-state index in [9.17, 15) is 17.6 Å². The van der Waals surface area contributed by atoms with Crippen LogP contribution >= 0.6 is 24.0 Å². The molecule has 7 nitrogen and oxygen atoms in total. The average molecular weight is 498 g/mol. The fraction of sp³-hybridized carbons (Fsp3) is 0.500. The molecule has 3 N–H and O–H groups in total. The Labute approximate surface area is 170 Å². The molecule has 10 heteroatoms. The number of rotatable bonds is 5. The molecule has 1 aliphatic heterocycles. The highest BCUT2D eigenvalue weighted by molar-refractivity contribution is 14.0. The number of aliphatic imine (C=N–C) groups is 1. The summed E-state index contributed by atoms with van der Waals surface area (Å²) in [7, 11) is -1.37. The Hall–Kier alpha value is -1.43. The number of nitrogens with one attached hydrogen (secondary N) is 3. The molecular formula is C16H24FIN4O3S. The average Bonchev–Trinajstić information content (AvgIpc) is 2.91. The molecule has 1 atom stereocenters. The largest absolute Gasteiger partial charge is 0.355 e. The van der Waals surface area contributed by atoms with Crippen molar-refractivity contribution in [1.29, 1.82) is 0 Å². The lowest BCUT2D eigenvalue weighted by Crippen LogP contribution is -2.46. The molecule has 0 radical (unpaired) electrons. The number of aryl methyl sites for hydroxylation is 1. The van der Waals surface area contributed by atoms with Gasteiger partial charge in [-0.1, -0.05) is 6.07 Å². The number of sulfone groups is 1. The third kappa shape index (κ3) is 6.71. The van der Waals surface area contributed by atoms with E-state index in [0.29, 0.717) is 31.0 Å². The van der Waals surface area contributed by atoms with Crippen LogP contribution in [0.1, 0.15) is 22.3 Å². The van der Waals surface area contributed by atoms with Crippen LogP contribution in [0.25, 0.3) is 0 Å². The monoisotopic (exact) mass is 498 g/mol. The molecular weight excluding hydrogens is 474 g/mol. The van der Waals surface area contributed by atoms with Gasteiger partial charge in [-0.15, -0.1) is 24.0 Å². The predicted octanol–water partition coefficient (Wildman–Crippen LogP) is 0.834. The summed E-state index contributed by atoms with van der Waals surface area (Å²) < 4.78 is 36.4. The molecule has 1 heterocycles. The number of hydrogen-bond acceptors (Lipinski definition) is 4. The quantitative estimate of drug-likeness (QED) is 0.242. The molecule has 0 bridgehead atoms. The Morgan fingerprint density at radius 3 is 2.58 bits per heavy atom. The van der Waals surface area contributed by atoms with Gasteiger partial charge in [0.25, 0.3) is 5.91 Å². The van der Waals surface area contributed by atoms with Gasteiger partial charge in [0.2, 0.25) is 0 Å². The predicted molar refractivity (Wildman–Crippen MR) is 110 cm³/mol. The summed E-state index contributed by atoms with van der Waals surface area (Å²) in [5.41, 5.74) is 0.754. The topological polar surface area (TPSA) is 99.7 Å². The Morgan fingerprint density at radius 1 is 1.31 bits per heavy atom. The van der Waals surface area contributed by atoms with E-state index in [-0.39, 0.29) is 53.0 Å². The van der Waals surface area contributed by atoms with Crippen LogP contribution in [-0.2, 0) is 9.84 Å². The van der Waals surface area contributed by atoms with Gasteiger partial charge in [0.05, 0.1) is 11.5 Å². The Bertz CT molecular complexity index is 771. The van der Waals surface area contributed by atoms with E-state index in [1.807, 2.05) is 0 Å². The van der Waals surface area contributed by atoms with Crippen molar-refractivity contribution >= 4 is 45.7 Å². The smallest absolute Gasteiger partial charge is 0.251 e. The first-order valence-electron chi connectivity index (χ1n) is 8.02. The number of nitrogens with zero attached hydrogens (tertiary/aromatic N) is 1. The van der Waals surface area contributed by atoms with Crippen LogP contribution in [0, 0.1) is 12.7 Å². The second kappa shape index (κ2) is 10.0. The van der Waals surface area contributed by atoms with Crippen LogP contribution in [0.3, 0.4) is 0 Å². The minimum Gasteiger partial charge on any atom is -0.355 e. The van der Waals surface area contributed by atoms with Crippen molar-refractivity contribution in [1.82, 2.24) is 16.0 Å². The van der Waals surface area contributed by atoms with Crippen molar-refractivity contribution in [3.8, 4) is 0 Å². The zero-order valence-electron chi connectivity index (χ0n) is 14.7. The van der Waals surface area contributed by atoms with Gasteiger partial charge in [-0.2, -0.15) is 0 Å². The van der Waals surface area contributed by atoms with Crippen molar-refractivity contribution in [2.45, 2.75) is 19.4 Å². The number of halogens is 2. The summed E-state index contributed by atoms with van der Waals surface area (Å²) in [4.78, 5) is 16.0. The summed E-state index contributed by atoms with van der Waals surface area (Å²) in [6.07, 6.45) is 0.554. The molecule has 1 amide bonds. The fourth-order valence-corrected chi connectivity index (χ4v) is 4.16. The first kappa shape index (κ1) is 22.6. The zero-order chi connectivity index (χ0) is 18.4. The highest BCUT2D eigenvalue weighted by Crippen LogP contribution is 2.11. The maximum absolute atomic E-state index is 13.5. The van der Waals surface area contributed by atoms with E-state index in [2.05, 4.69) is 20.9 Å². The molecule has 26 heavy (non-hydrogen) atoms. The summed E-state index contributed by atoms with van der Waals surface area (Å²) in [5, 5.41) is 8.74. The van der Waals surface area contributed by atoms with Crippen LogP contribution in [0.2, 0.25) is 0 Å². The lowest BCUT2D eigenvalue weighted by Gasteiger charge is -2.16. The van der Waals surface area contributed by atoms with Crippen molar-refractivity contribution in [3.05, 3.63) is 35.1 Å². The second-order valence-corrected chi connectivity index (χ2v) is 8.19. The number of hydrogen-bond donors (Lipinski definition) is 3. The van der Waals surface area contributed by atoms with Gasteiger partial charge in [0.15, 0.2) is 15.8 Å². The van der Waals surface area contributed by atoms with Crippen LogP contribution in [0.5, 0.6) is 0 Å². The van der Waals surface area contributed by atoms with Gasteiger partial charge < -0.3 is 16.0 Å². The molecule has 1 saturated heterocycles. The number of benzene rings is 1. The Balaban J connectivity index is 0.00000338. The van der Waals surface area contributed by atoms with Crippen LogP contribution in [-0.4, -0.2) is 58.0 Å². The number of amides is 1. The van der Waals surface area contributed by atoms with E-state index in [1.165, 1.54) is 6.07 Å². The molecule has 146 valence electrons. The van der Waals surface area contributed by atoms with E-state index in [1.54, 1.807) is 26.1 Å². The van der Waals surface area contributed by atoms with E-state index >= 15 is 0 Å². The van der Waals surface area contributed by atoms with Crippen LogP contribution < -0.4 is 16.0 Å². The van der Waals surface area contributed by atoms with Crippen LogP contribution in [0.4, 0.5) is 4.39 Å². The Kier molecular flexibility index (Phi) is 8.74. The SMILES string of the molecule is CN=C(NCCNC(=O)c1ccc(C)c(F)c1)NC1CCS(=O)(=O)C1.I. The van der Waals surface area contributed by atoms with Gasteiger partial charge in [-0.3, -0.25) is 9.79 Å². The first-order valence-corrected chi connectivity index (χ1v) is 9.85. The Morgan fingerprint density at radius 2 is 2.00 bits per heavy atom. The van der Waals surface area contributed by atoms with Crippen molar-refractivity contribution in [2.24, 2.45) is 4.99 Å². The number of guanidine groups is 1. The van der Waals surface area contributed by atoms with E-state index < -0.39 is 15.7 Å². The van der Waals surface area contributed by atoms with Gasteiger partial charge in [0, 0.05) is 31.7 Å². The summed E-state index contributed by atoms with van der Waals surface area (Å²) in [5.74, 6) is -0.000929. The number of carbonyl (C=O) groups is 1. The normalized spacial score (nSPS) is 18.7. The molecule has 1 aliphatic rings. The highest BCUT2D eigenvalue weighted by atomic mass is 127. The molecule has 1 aromatic rings. The van der Waals surface area contributed by atoms with Crippen molar-refractivity contribution in [3.63, 3.8) is 0 Å². The molecule has 1 aromatic carbocycles. The van der Waals surface area contributed by atoms with Gasteiger partial charge >= 0.3 is 0 Å². The minimum atomic E-state index is -2.96. The molecule has 0 spiro atoms. The maximum Gasteiger partial charge on any atom is 0.251 e. The second-order valence-electron chi connectivity index (χ2n) is 5.96. The van der Waals surface area contributed by atoms with Crippen molar-refractivity contribution < 1.29 is 17.6 Å². The number of carbonyl (C=O) groups excluding carboxylic acids is 1. The molecule has 1 fully saturated rings. The zero-order valence-corrected chi connectivity index (χ0v) is 17.9. The maximum atomic E-state index is 13.5. The third-order valence-corrected chi connectivity index (χ3v) is 5.70. The lowest BCUT2D eigenvalue weighted by molar-refractivity contribution is 0.0954. The molecule has 0 saturated carbocycles. The standard InChI is InChI=1S/C16H23FN4O3S.HI/c1-11-3-4-12(9-14(11)17)15(22)19-6-7-20-16(18-2)21-13-5-8-25(23,24)10-13;/h3-4,9,13H,5-8,10H2,1-2H3,(H,19,22)(H2,18,20,21);1H. The van der Waals surface area contributed by atoms with Crippen LogP contribution in [0.15, 0.2) is 23.2 Å². The lowest BCUT2D eigenvalue weighted by atomic mass is 10.1. The molecule has 0 aliphatic carbocycles. The highest BCUT2D eigenvalue weighted by Gasteiger charge is 2.28. The van der Waals surface area contributed by atoms with Gasteiger partial charge in [-0.25, -0.2) is 12.8 Å². The van der Waals surface area contributed by atoms with Gasteiger partial charge in [-0.05, 0) is 31.0 Å². The summed E-state index contributed by atoms with van der Waals surface area (Å²) >= 11 is 0. The molecule has 2 rings (SSSR count). The minimum absolute atomic E-state index is 0. The summed E-state index contributed by atoms with van der Waals surface area (Å²) in [6.45, 7) is 2.35. The third-order valence-electron chi connectivity index (χ3n) is 3.93. The van der Waals surface area contributed by atoms with Gasteiger partial charge in [0.1, 0.15) is 5.82 Å². The van der Waals surface area contributed by atoms with E-state index in [4.69, 9.17) is 0 Å². The summed E-state index contributed by atoms with van der Waals surface area (Å²) in [6, 6.07) is 4.19. The van der Waals surface area contributed by atoms with Crippen molar-refractivity contribution in [2.75, 3.05) is 31.6 Å².